The molecule has 1 atom stereocenters. The molecule has 0 heterocycles. The molecule has 0 aromatic carbocycles. The van der Waals surface area contributed by atoms with E-state index in [0.29, 0.717) is 12.5 Å². The Morgan fingerprint density at radius 3 is 2.06 bits per heavy atom. The third kappa shape index (κ3) is 5.14. The van der Waals surface area contributed by atoms with Crippen molar-refractivity contribution in [2.45, 2.75) is 47.1 Å². The van der Waals surface area contributed by atoms with Crippen molar-refractivity contribution in [3.8, 4) is 0 Å². The fourth-order valence-electron chi connectivity index (χ4n) is 0.974. The Hall–Kier alpha value is -1.06. The smallest absolute Gasteiger partial charge is 0.350 e. The molecule has 4 nitrogen and oxygen atoms in total. The fraction of sp³-hybridized carbons (Fsp3) is 0.833. The summed E-state index contributed by atoms with van der Waals surface area (Å²) >= 11 is 0. The van der Waals surface area contributed by atoms with Crippen LogP contribution in [0.5, 0.6) is 0 Å². The highest BCUT2D eigenvalue weighted by Gasteiger charge is 2.33. The summed E-state index contributed by atoms with van der Waals surface area (Å²) in [6.45, 7) is 10.8. The van der Waals surface area contributed by atoms with Gasteiger partial charge in [0.1, 0.15) is 0 Å². The lowest BCUT2D eigenvalue weighted by Crippen LogP contribution is -2.39. The summed E-state index contributed by atoms with van der Waals surface area (Å²) in [7, 11) is 0. The maximum absolute atomic E-state index is 11.6. The number of carbonyl (C=O) groups is 2. The predicted octanol–water partition coefficient (Wildman–Crippen LogP) is 2.16. The van der Waals surface area contributed by atoms with E-state index in [1.165, 1.54) is 20.8 Å². The Kier molecular flexibility index (Phi) is 5.48. The van der Waals surface area contributed by atoms with Crippen molar-refractivity contribution in [3.05, 3.63) is 0 Å². The molecule has 0 amide bonds. The van der Waals surface area contributed by atoms with E-state index in [2.05, 4.69) is 13.8 Å². The summed E-state index contributed by atoms with van der Waals surface area (Å²) in [5.74, 6) is -0.254. The number of carbonyl (C=O) groups excluding carboxylic acids is 2. The number of hydrogen-bond acceptors (Lipinski definition) is 4. The quantitative estimate of drug-likeness (QED) is 0.679. The molecule has 0 aliphatic rings. The zero-order valence-electron chi connectivity index (χ0n) is 11.0. The van der Waals surface area contributed by atoms with Crippen LogP contribution in [0.1, 0.15) is 41.5 Å². The van der Waals surface area contributed by atoms with Gasteiger partial charge in [-0.2, -0.15) is 0 Å². The molecule has 0 aliphatic heterocycles. The first-order valence-corrected chi connectivity index (χ1v) is 5.53. The number of ether oxygens (including phenoxy) is 2. The predicted molar refractivity (Wildman–Crippen MR) is 60.8 cm³/mol. The third-order valence-electron chi connectivity index (χ3n) is 2.51. The van der Waals surface area contributed by atoms with E-state index < -0.39 is 17.5 Å². The molecule has 0 saturated heterocycles. The maximum atomic E-state index is 11.6. The highest BCUT2D eigenvalue weighted by Crippen LogP contribution is 2.15. The molecular weight excluding hydrogens is 208 g/mol. The lowest BCUT2D eigenvalue weighted by atomic mass is 9.99. The molecular formula is C12H22O4. The van der Waals surface area contributed by atoms with Gasteiger partial charge in [-0.1, -0.05) is 20.8 Å². The lowest BCUT2D eigenvalue weighted by Gasteiger charge is -2.24. The average molecular weight is 230 g/mol. The van der Waals surface area contributed by atoms with Crippen LogP contribution in [0.2, 0.25) is 0 Å². The first-order chi connectivity index (χ1) is 7.16. The van der Waals surface area contributed by atoms with Gasteiger partial charge in [-0.3, -0.25) is 4.79 Å². The van der Waals surface area contributed by atoms with Crippen LogP contribution in [0.3, 0.4) is 0 Å². The fourth-order valence-corrected chi connectivity index (χ4v) is 0.974. The largest absolute Gasteiger partial charge is 0.462 e. The molecule has 94 valence electrons. The summed E-state index contributed by atoms with van der Waals surface area (Å²) in [5, 5.41) is 0. The van der Waals surface area contributed by atoms with E-state index in [1.54, 1.807) is 0 Å². The Bertz CT molecular complexity index is 256. The van der Waals surface area contributed by atoms with Crippen molar-refractivity contribution >= 4 is 11.9 Å². The SMILES string of the molecule is CC(=O)OC(C)(C)C(=O)OCC(C)C(C)C. The molecule has 0 fully saturated rings. The second-order valence-electron chi connectivity index (χ2n) is 4.92. The molecule has 1 unspecified atom stereocenters. The summed E-state index contributed by atoms with van der Waals surface area (Å²) in [4.78, 5) is 22.4. The summed E-state index contributed by atoms with van der Waals surface area (Å²) < 4.78 is 9.99. The molecule has 4 heteroatoms. The van der Waals surface area contributed by atoms with Crippen LogP contribution >= 0.6 is 0 Å². The molecule has 0 N–H and O–H groups in total. The van der Waals surface area contributed by atoms with Gasteiger partial charge in [0, 0.05) is 6.92 Å². The van der Waals surface area contributed by atoms with Crippen LogP contribution in [0.15, 0.2) is 0 Å². The van der Waals surface area contributed by atoms with Crippen LogP contribution in [-0.4, -0.2) is 24.1 Å². The Labute approximate surface area is 97.3 Å². The summed E-state index contributed by atoms with van der Waals surface area (Å²) in [5.41, 5.74) is -1.21. The molecule has 0 spiro atoms. The minimum Gasteiger partial charge on any atom is -0.462 e. The number of hydrogen-bond donors (Lipinski definition) is 0. The van der Waals surface area contributed by atoms with Crippen LogP contribution in [0.25, 0.3) is 0 Å². The monoisotopic (exact) mass is 230 g/mol. The van der Waals surface area contributed by atoms with Crippen molar-refractivity contribution in [1.82, 2.24) is 0 Å². The normalized spacial score (nSPS) is 13.4. The van der Waals surface area contributed by atoms with Crippen LogP contribution in [0.4, 0.5) is 0 Å². The third-order valence-corrected chi connectivity index (χ3v) is 2.51. The molecule has 0 bridgehead atoms. The van der Waals surface area contributed by atoms with Gasteiger partial charge in [0.2, 0.25) is 5.60 Å². The van der Waals surface area contributed by atoms with Crippen LogP contribution < -0.4 is 0 Å². The Morgan fingerprint density at radius 1 is 1.19 bits per heavy atom. The topological polar surface area (TPSA) is 52.6 Å². The van der Waals surface area contributed by atoms with Crippen molar-refractivity contribution in [2.75, 3.05) is 6.61 Å². The van der Waals surface area contributed by atoms with E-state index in [9.17, 15) is 9.59 Å². The van der Waals surface area contributed by atoms with Gasteiger partial charge in [-0.15, -0.1) is 0 Å². The summed E-state index contributed by atoms with van der Waals surface area (Å²) in [6.07, 6.45) is 0. The van der Waals surface area contributed by atoms with E-state index in [0.717, 1.165) is 0 Å². The molecule has 0 aliphatic carbocycles. The molecule has 16 heavy (non-hydrogen) atoms. The van der Waals surface area contributed by atoms with Crippen molar-refractivity contribution in [2.24, 2.45) is 11.8 Å². The minimum atomic E-state index is -1.21. The highest BCUT2D eigenvalue weighted by atomic mass is 16.6. The van der Waals surface area contributed by atoms with E-state index in [4.69, 9.17) is 9.47 Å². The number of rotatable bonds is 5. The average Bonchev–Trinajstić information content (AvgIpc) is 2.10. The van der Waals surface area contributed by atoms with Crippen molar-refractivity contribution in [1.29, 1.82) is 0 Å². The first kappa shape index (κ1) is 14.9. The molecule has 0 aromatic rings. The molecule has 0 radical (unpaired) electrons. The molecule has 0 saturated carbocycles. The van der Waals surface area contributed by atoms with E-state index in [1.807, 2.05) is 6.92 Å². The Morgan fingerprint density at radius 2 is 1.69 bits per heavy atom. The maximum Gasteiger partial charge on any atom is 0.350 e. The van der Waals surface area contributed by atoms with Crippen LogP contribution in [-0.2, 0) is 19.1 Å². The van der Waals surface area contributed by atoms with Gasteiger partial charge in [0.05, 0.1) is 6.61 Å². The van der Waals surface area contributed by atoms with E-state index in [-0.39, 0.29) is 5.92 Å². The Balaban J connectivity index is 4.20. The standard InChI is InChI=1S/C12H22O4/c1-8(2)9(3)7-15-11(14)12(5,6)16-10(4)13/h8-9H,7H2,1-6H3. The highest BCUT2D eigenvalue weighted by molar-refractivity contribution is 5.82. The zero-order valence-corrected chi connectivity index (χ0v) is 11.0. The molecule has 0 aromatic heterocycles. The first-order valence-electron chi connectivity index (χ1n) is 5.53. The zero-order chi connectivity index (χ0) is 12.9. The van der Waals surface area contributed by atoms with Gasteiger partial charge < -0.3 is 9.47 Å². The van der Waals surface area contributed by atoms with Crippen molar-refractivity contribution < 1.29 is 19.1 Å². The van der Waals surface area contributed by atoms with Gasteiger partial charge in [0.25, 0.3) is 0 Å². The second-order valence-corrected chi connectivity index (χ2v) is 4.92. The van der Waals surface area contributed by atoms with Gasteiger partial charge in [0.15, 0.2) is 0 Å². The van der Waals surface area contributed by atoms with Gasteiger partial charge >= 0.3 is 11.9 Å². The van der Waals surface area contributed by atoms with Gasteiger partial charge in [-0.25, -0.2) is 4.79 Å². The second kappa shape index (κ2) is 5.87. The molecule has 0 rings (SSSR count). The summed E-state index contributed by atoms with van der Waals surface area (Å²) in [6, 6.07) is 0. The van der Waals surface area contributed by atoms with Crippen LogP contribution in [0, 0.1) is 11.8 Å². The van der Waals surface area contributed by atoms with Gasteiger partial charge in [-0.05, 0) is 25.7 Å². The van der Waals surface area contributed by atoms with E-state index >= 15 is 0 Å². The van der Waals surface area contributed by atoms with Crippen molar-refractivity contribution in [3.63, 3.8) is 0 Å². The number of esters is 2. The minimum absolute atomic E-state index is 0.289. The lowest BCUT2D eigenvalue weighted by molar-refractivity contribution is -0.178.